The average Bonchev–Trinajstić information content (AvgIpc) is 3.14. The summed E-state index contributed by atoms with van der Waals surface area (Å²) in [7, 11) is 1.56. The molecule has 1 amide bonds. The molecule has 1 heterocycles. The van der Waals surface area contributed by atoms with Crippen LogP contribution in [0.25, 0.3) is 5.76 Å². The second-order valence-corrected chi connectivity index (χ2v) is 10.1. The van der Waals surface area contributed by atoms with Crippen molar-refractivity contribution in [2.24, 2.45) is 0 Å². The fourth-order valence-electron chi connectivity index (χ4n) is 4.75. The minimum Gasteiger partial charge on any atom is -0.507 e. The van der Waals surface area contributed by atoms with Gasteiger partial charge in [0.15, 0.2) is 0 Å². The van der Waals surface area contributed by atoms with E-state index < -0.39 is 17.7 Å². The highest BCUT2D eigenvalue weighted by Crippen LogP contribution is 2.41. The van der Waals surface area contributed by atoms with E-state index in [0.717, 1.165) is 11.1 Å². The van der Waals surface area contributed by atoms with Crippen LogP contribution in [0, 0.1) is 6.92 Å². The number of likely N-dealkylation sites (tertiary alicyclic amines) is 1. The summed E-state index contributed by atoms with van der Waals surface area (Å²) in [5.74, 6) is 0.307. The van der Waals surface area contributed by atoms with E-state index in [9.17, 15) is 14.7 Å². The van der Waals surface area contributed by atoms with Gasteiger partial charge in [0.2, 0.25) is 0 Å². The summed E-state index contributed by atoms with van der Waals surface area (Å²) in [5, 5.41) is 11.5. The lowest BCUT2D eigenvalue weighted by Gasteiger charge is -2.26. The van der Waals surface area contributed by atoms with E-state index >= 15 is 0 Å². The first-order chi connectivity index (χ1) is 18.6. The third-order valence-electron chi connectivity index (χ3n) is 6.45. The van der Waals surface area contributed by atoms with Crippen molar-refractivity contribution in [3.05, 3.63) is 94.6 Å². The number of Topliss-reactive ketones (excluding diaryl/α,β-unsaturated/α-hetero) is 1. The first kappa shape index (κ1) is 27.8. The van der Waals surface area contributed by atoms with E-state index in [0.29, 0.717) is 28.4 Å². The number of hydrogen-bond donors (Lipinski definition) is 1. The fraction of sp³-hybridized carbons (Fsp3) is 0.312. The van der Waals surface area contributed by atoms with Crippen molar-refractivity contribution in [3.8, 4) is 17.2 Å². The molecule has 0 aromatic heterocycles. The number of benzene rings is 3. The number of rotatable bonds is 9. The van der Waals surface area contributed by atoms with Crippen LogP contribution in [0.15, 0.2) is 72.3 Å². The predicted molar refractivity (Wildman–Crippen MR) is 150 cm³/mol. The number of ether oxygens (including phenoxy) is 3. The van der Waals surface area contributed by atoms with Crippen LogP contribution < -0.4 is 14.2 Å². The second-order valence-electron chi connectivity index (χ2n) is 10.1. The molecule has 1 aliphatic rings. The molecular weight excluding hydrogens is 494 g/mol. The van der Waals surface area contributed by atoms with Gasteiger partial charge in [-0.2, -0.15) is 0 Å². The Morgan fingerprint density at radius 1 is 0.897 bits per heavy atom. The Morgan fingerprint density at radius 3 is 2.18 bits per heavy atom. The standard InChI is InChI=1S/C32H35NO6/c1-19(2)38-25-14-11-22(12-15-25)29-28(30(34)23-13-16-26(21(5)17-23)39-20(3)4)31(35)32(36)33(29)18-24-9-7-8-10-27(24)37-6/h7-17,19-20,29,34H,18H2,1-6H3/b30-28-. The van der Waals surface area contributed by atoms with Crippen molar-refractivity contribution in [3.63, 3.8) is 0 Å². The van der Waals surface area contributed by atoms with Crippen molar-refractivity contribution in [2.75, 3.05) is 7.11 Å². The normalized spacial score (nSPS) is 16.7. The number of ketones is 1. The second kappa shape index (κ2) is 11.6. The van der Waals surface area contributed by atoms with Gasteiger partial charge < -0.3 is 24.2 Å². The summed E-state index contributed by atoms with van der Waals surface area (Å²) in [6.07, 6.45) is -0.0102. The van der Waals surface area contributed by atoms with Crippen LogP contribution in [0.2, 0.25) is 0 Å². The number of nitrogens with zero attached hydrogens (tertiary/aromatic N) is 1. The number of carbonyl (C=O) groups is 2. The average molecular weight is 530 g/mol. The van der Waals surface area contributed by atoms with Crippen LogP contribution in [-0.2, 0) is 16.1 Å². The predicted octanol–water partition coefficient (Wildman–Crippen LogP) is 6.20. The molecule has 0 aliphatic carbocycles. The summed E-state index contributed by atoms with van der Waals surface area (Å²) in [6, 6.07) is 19.0. The van der Waals surface area contributed by atoms with Crippen molar-refractivity contribution in [1.29, 1.82) is 0 Å². The zero-order valence-electron chi connectivity index (χ0n) is 23.2. The van der Waals surface area contributed by atoms with Crippen LogP contribution in [0.3, 0.4) is 0 Å². The van der Waals surface area contributed by atoms with Gasteiger partial charge >= 0.3 is 0 Å². The maximum Gasteiger partial charge on any atom is 0.295 e. The van der Waals surface area contributed by atoms with Crippen molar-refractivity contribution < 1.29 is 28.9 Å². The van der Waals surface area contributed by atoms with Crippen LogP contribution in [0.4, 0.5) is 0 Å². The van der Waals surface area contributed by atoms with Gasteiger partial charge in [-0.1, -0.05) is 30.3 Å². The van der Waals surface area contributed by atoms with Crippen molar-refractivity contribution in [2.45, 2.75) is 59.4 Å². The number of methoxy groups -OCH3 is 1. The monoisotopic (exact) mass is 529 g/mol. The molecule has 1 unspecified atom stereocenters. The van der Waals surface area contributed by atoms with Crippen LogP contribution in [0.1, 0.15) is 56.0 Å². The highest BCUT2D eigenvalue weighted by molar-refractivity contribution is 6.46. The minimum atomic E-state index is -0.810. The molecule has 0 radical (unpaired) electrons. The van der Waals surface area contributed by atoms with Gasteiger partial charge in [-0.05, 0) is 82.1 Å². The maximum atomic E-state index is 13.5. The first-order valence-electron chi connectivity index (χ1n) is 13.0. The van der Waals surface area contributed by atoms with E-state index in [1.165, 1.54) is 4.90 Å². The molecule has 1 saturated heterocycles. The Labute approximate surface area is 229 Å². The highest BCUT2D eigenvalue weighted by Gasteiger charge is 2.46. The van der Waals surface area contributed by atoms with E-state index in [-0.39, 0.29) is 30.1 Å². The smallest absolute Gasteiger partial charge is 0.295 e. The molecule has 7 nitrogen and oxygen atoms in total. The van der Waals surface area contributed by atoms with Gasteiger partial charge in [0.25, 0.3) is 11.7 Å². The summed E-state index contributed by atoms with van der Waals surface area (Å²) < 4.78 is 17.1. The Kier molecular flexibility index (Phi) is 8.29. The van der Waals surface area contributed by atoms with Crippen LogP contribution in [-0.4, -0.2) is 41.0 Å². The van der Waals surface area contributed by atoms with Gasteiger partial charge in [0, 0.05) is 11.1 Å². The number of aliphatic hydroxyl groups excluding tert-OH is 1. The molecule has 204 valence electrons. The lowest BCUT2D eigenvalue weighted by Crippen LogP contribution is -2.29. The van der Waals surface area contributed by atoms with Crippen molar-refractivity contribution >= 4 is 17.4 Å². The molecule has 1 N–H and O–H groups in total. The Bertz CT molecular complexity index is 1390. The molecule has 1 atom stereocenters. The van der Waals surface area contributed by atoms with Gasteiger partial charge in [-0.3, -0.25) is 9.59 Å². The van der Waals surface area contributed by atoms with Gasteiger partial charge in [0.1, 0.15) is 23.0 Å². The zero-order valence-corrected chi connectivity index (χ0v) is 23.2. The Morgan fingerprint density at radius 2 is 1.56 bits per heavy atom. The lowest BCUT2D eigenvalue weighted by molar-refractivity contribution is -0.140. The van der Waals surface area contributed by atoms with Crippen LogP contribution >= 0.6 is 0 Å². The van der Waals surface area contributed by atoms with E-state index in [1.54, 1.807) is 37.4 Å². The summed E-state index contributed by atoms with van der Waals surface area (Å²) >= 11 is 0. The van der Waals surface area contributed by atoms with E-state index in [4.69, 9.17) is 14.2 Å². The molecule has 1 fully saturated rings. The summed E-state index contributed by atoms with van der Waals surface area (Å²) in [6.45, 7) is 9.76. The lowest BCUT2D eigenvalue weighted by atomic mass is 9.94. The number of amides is 1. The topological polar surface area (TPSA) is 85.3 Å². The quantitative estimate of drug-likeness (QED) is 0.202. The summed E-state index contributed by atoms with van der Waals surface area (Å²) in [5.41, 5.74) is 2.70. The number of carbonyl (C=O) groups excluding carboxylic acids is 2. The molecule has 3 aromatic carbocycles. The van der Waals surface area contributed by atoms with Gasteiger partial charge in [-0.15, -0.1) is 0 Å². The molecule has 0 saturated carbocycles. The van der Waals surface area contributed by atoms with Gasteiger partial charge in [0.05, 0.1) is 37.5 Å². The minimum absolute atomic E-state index is 0.00193. The third-order valence-corrected chi connectivity index (χ3v) is 6.45. The SMILES string of the molecule is COc1ccccc1CN1C(=O)C(=O)/C(=C(\O)c2ccc(OC(C)C)c(C)c2)C1c1ccc(OC(C)C)cc1. The molecule has 4 rings (SSSR count). The highest BCUT2D eigenvalue weighted by atomic mass is 16.5. The number of aryl methyl sites for hydroxylation is 1. The van der Waals surface area contributed by atoms with Gasteiger partial charge in [-0.25, -0.2) is 0 Å². The molecule has 39 heavy (non-hydrogen) atoms. The molecule has 7 heteroatoms. The molecule has 0 bridgehead atoms. The first-order valence-corrected chi connectivity index (χ1v) is 13.0. The van der Waals surface area contributed by atoms with E-state index in [1.807, 2.05) is 71.0 Å². The fourth-order valence-corrected chi connectivity index (χ4v) is 4.75. The Balaban J connectivity index is 1.83. The number of hydrogen-bond acceptors (Lipinski definition) is 6. The van der Waals surface area contributed by atoms with Crippen molar-refractivity contribution in [1.82, 2.24) is 4.90 Å². The van der Waals surface area contributed by atoms with Crippen LogP contribution in [0.5, 0.6) is 17.2 Å². The third kappa shape index (κ3) is 5.93. The largest absolute Gasteiger partial charge is 0.507 e. The number of aliphatic hydroxyl groups is 1. The Hall–Kier alpha value is -4.26. The molecule has 0 spiro atoms. The van der Waals surface area contributed by atoms with E-state index in [2.05, 4.69) is 0 Å². The summed E-state index contributed by atoms with van der Waals surface area (Å²) in [4.78, 5) is 28.4. The molecule has 3 aromatic rings. The maximum absolute atomic E-state index is 13.5. The molecule has 1 aliphatic heterocycles. The zero-order chi connectivity index (χ0) is 28.3. The number of para-hydroxylation sites is 1. The molecular formula is C32H35NO6.